The van der Waals surface area contributed by atoms with Crippen molar-refractivity contribution < 1.29 is 13.9 Å². The van der Waals surface area contributed by atoms with Gasteiger partial charge in [-0.25, -0.2) is 4.39 Å². The summed E-state index contributed by atoms with van der Waals surface area (Å²) < 4.78 is 24.6. The van der Waals surface area contributed by atoms with E-state index in [-0.39, 0.29) is 11.9 Å². The van der Waals surface area contributed by atoms with Crippen LogP contribution in [0.4, 0.5) is 4.39 Å². The number of ether oxygens (including phenoxy) is 2. The van der Waals surface area contributed by atoms with E-state index in [0.29, 0.717) is 12.4 Å². The van der Waals surface area contributed by atoms with Gasteiger partial charge in [0.25, 0.3) is 0 Å². The lowest BCUT2D eigenvalue weighted by atomic mass is 10.0. The minimum Gasteiger partial charge on any atom is -0.494 e. The molecule has 2 N–H and O–H groups in total. The maximum Gasteiger partial charge on any atom is 0.139 e. The van der Waals surface area contributed by atoms with Gasteiger partial charge in [0.05, 0.1) is 6.61 Å². The number of rotatable bonds is 6. The molecule has 0 aliphatic carbocycles. The SMILES string of the molecule is CCOc1ccc(OC(c2cccc(F)c2)C(C)N)cc1. The van der Waals surface area contributed by atoms with E-state index in [1.807, 2.05) is 44.2 Å². The fourth-order valence-corrected chi connectivity index (χ4v) is 2.09. The Kier molecular flexibility index (Phi) is 5.17. The molecular formula is C17H20FNO2. The molecule has 2 aromatic carbocycles. The molecule has 0 saturated heterocycles. The Morgan fingerprint density at radius 1 is 1.10 bits per heavy atom. The van der Waals surface area contributed by atoms with Crippen molar-refractivity contribution in [3.8, 4) is 11.5 Å². The first-order chi connectivity index (χ1) is 10.1. The average Bonchev–Trinajstić information content (AvgIpc) is 2.46. The van der Waals surface area contributed by atoms with Crippen molar-refractivity contribution in [1.82, 2.24) is 0 Å². The molecule has 0 saturated carbocycles. The fourth-order valence-electron chi connectivity index (χ4n) is 2.09. The van der Waals surface area contributed by atoms with Gasteiger partial charge in [0.1, 0.15) is 23.4 Å². The van der Waals surface area contributed by atoms with Crippen LogP contribution < -0.4 is 15.2 Å². The van der Waals surface area contributed by atoms with E-state index in [2.05, 4.69) is 0 Å². The molecule has 0 aliphatic heterocycles. The van der Waals surface area contributed by atoms with Gasteiger partial charge in [0.2, 0.25) is 0 Å². The van der Waals surface area contributed by atoms with Crippen LogP contribution in [0.5, 0.6) is 11.5 Å². The van der Waals surface area contributed by atoms with Gasteiger partial charge in [0, 0.05) is 6.04 Å². The number of hydrogen-bond donors (Lipinski definition) is 1. The van der Waals surface area contributed by atoms with Crippen molar-refractivity contribution in [3.63, 3.8) is 0 Å². The summed E-state index contributed by atoms with van der Waals surface area (Å²) in [5.41, 5.74) is 6.69. The van der Waals surface area contributed by atoms with Crippen LogP contribution in [0, 0.1) is 5.82 Å². The third-order valence-electron chi connectivity index (χ3n) is 3.05. The summed E-state index contributed by atoms with van der Waals surface area (Å²) in [6.07, 6.45) is -0.404. The highest BCUT2D eigenvalue weighted by Gasteiger charge is 2.18. The van der Waals surface area contributed by atoms with Crippen LogP contribution >= 0.6 is 0 Å². The molecule has 0 aromatic heterocycles. The van der Waals surface area contributed by atoms with Gasteiger partial charge in [-0.05, 0) is 55.8 Å². The largest absolute Gasteiger partial charge is 0.494 e. The summed E-state index contributed by atoms with van der Waals surface area (Å²) >= 11 is 0. The molecule has 0 fully saturated rings. The minimum absolute atomic E-state index is 0.265. The Morgan fingerprint density at radius 3 is 2.33 bits per heavy atom. The van der Waals surface area contributed by atoms with Crippen molar-refractivity contribution >= 4 is 0 Å². The highest BCUT2D eigenvalue weighted by molar-refractivity contribution is 5.32. The molecule has 0 aliphatic rings. The van der Waals surface area contributed by atoms with Crippen LogP contribution in [0.25, 0.3) is 0 Å². The summed E-state index contributed by atoms with van der Waals surface area (Å²) in [4.78, 5) is 0. The van der Waals surface area contributed by atoms with Crippen molar-refractivity contribution in [2.24, 2.45) is 5.73 Å². The second kappa shape index (κ2) is 7.09. The Labute approximate surface area is 124 Å². The maximum atomic E-state index is 13.4. The molecule has 3 nitrogen and oxygen atoms in total. The molecule has 4 heteroatoms. The Balaban J connectivity index is 2.16. The average molecular weight is 289 g/mol. The van der Waals surface area contributed by atoms with Crippen molar-refractivity contribution in [2.75, 3.05) is 6.61 Å². The second-order valence-electron chi connectivity index (χ2n) is 4.86. The Hall–Kier alpha value is -2.07. The van der Waals surface area contributed by atoms with E-state index in [4.69, 9.17) is 15.2 Å². The molecule has 21 heavy (non-hydrogen) atoms. The topological polar surface area (TPSA) is 44.5 Å². The van der Waals surface area contributed by atoms with Crippen molar-refractivity contribution in [2.45, 2.75) is 26.0 Å². The van der Waals surface area contributed by atoms with Gasteiger partial charge in [0.15, 0.2) is 0 Å². The molecule has 0 amide bonds. The van der Waals surface area contributed by atoms with E-state index in [0.717, 1.165) is 11.3 Å². The summed E-state index contributed by atoms with van der Waals surface area (Å²) in [6, 6.07) is 13.4. The third-order valence-corrected chi connectivity index (χ3v) is 3.05. The second-order valence-corrected chi connectivity index (χ2v) is 4.86. The first-order valence-corrected chi connectivity index (χ1v) is 7.00. The summed E-state index contributed by atoms with van der Waals surface area (Å²) in [6.45, 7) is 4.39. The van der Waals surface area contributed by atoms with Gasteiger partial charge in [-0.1, -0.05) is 12.1 Å². The molecule has 2 aromatic rings. The number of hydrogen-bond acceptors (Lipinski definition) is 3. The number of halogens is 1. The standard InChI is InChI=1S/C17H20FNO2/c1-3-20-15-7-9-16(10-8-15)21-17(12(2)19)13-5-4-6-14(18)11-13/h4-12,17H,3,19H2,1-2H3. The highest BCUT2D eigenvalue weighted by Crippen LogP contribution is 2.26. The lowest BCUT2D eigenvalue weighted by Crippen LogP contribution is -2.29. The molecule has 2 atom stereocenters. The molecule has 0 heterocycles. The van der Waals surface area contributed by atoms with E-state index < -0.39 is 6.10 Å². The molecular weight excluding hydrogens is 269 g/mol. The molecule has 0 radical (unpaired) electrons. The minimum atomic E-state index is -0.404. The van der Waals surface area contributed by atoms with Crippen LogP contribution in [-0.4, -0.2) is 12.6 Å². The lowest BCUT2D eigenvalue weighted by molar-refractivity contribution is 0.180. The molecule has 2 unspecified atom stereocenters. The van der Waals surface area contributed by atoms with Gasteiger partial charge in [-0.2, -0.15) is 0 Å². The molecule has 2 rings (SSSR count). The first-order valence-electron chi connectivity index (χ1n) is 7.00. The molecule has 0 bridgehead atoms. The van der Waals surface area contributed by atoms with Crippen LogP contribution in [0.1, 0.15) is 25.5 Å². The molecule has 112 valence electrons. The predicted octanol–water partition coefficient (Wildman–Crippen LogP) is 3.69. The summed E-state index contributed by atoms with van der Waals surface area (Å²) in [7, 11) is 0. The van der Waals surface area contributed by atoms with E-state index in [1.54, 1.807) is 6.07 Å². The Bertz CT molecular complexity index is 569. The summed E-state index contributed by atoms with van der Waals surface area (Å²) in [5.74, 6) is 1.16. The lowest BCUT2D eigenvalue weighted by Gasteiger charge is -2.23. The number of benzene rings is 2. The fraction of sp³-hybridized carbons (Fsp3) is 0.294. The first kappa shape index (κ1) is 15.3. The quantitative estimate of drug-likeness (QED) is 0.882. The zero-order valence-corrected chi connectivity index (χ0v) is 12.3. The van der Waals surface area contributed by atoms with E-state index >= 15 is 0 Å². The zero-order chi connectivity index (χ0) is 15.2. The maximum absolute atomic E-state index is 13.4. The highest BCUT2D eigenvalue weighted by atomic mass is 19.1. The van der Waals surface area contributed by atoms with E-state index in [9.17, 15) is 4.39 Å². The van der Waals surface area contributed by atoms with Crippen molar-refractivity contribution in [1.29, 1.82) is 0 Å². The smallest absolute Gasteiger partial charge is 0.139 e. The van der Waals surface area contributed by atoms with Crippen molar-refractivity contribution in [3.05, 3.63) is 59.9 Å². The normalized spacial score (nSPS) is 13.5. The van der Waals surface area contributed by atoms with Gasteiger partial charge in [-0.15, -0.1) is 0 Å². The van der Waals surface area contributed by atoms with Gasteiger partial charge < -0.3 is 15.2 Å². The molecule has 0 spiro atoms. The van der Waals surface area contributed by atoms with Gasteiger partial charge in [-0.3, -0.25) is 0 Å². The van der Waals surface area contributed by atoms with Crippen LogP contribution in [-0.2, 0) is 0 Å². The van der Waals surface area contributed by atoms with Crippen LogP contribution in [0.2, 0.25) is 0 Å². The summed E-state index contributed by atoms with van der Waals surface area (Å²) in [5, 5.41) is 0. The zero-order valence-electron chi connectivity index (χ0n) is 12.3. The van der Waals surface area contributed by atoms with Gasteiger partial charge >= 0.3 is 0 Å². The monoisotopic (exact) mass is 289 g/mol. The number of nitrogens with two attached hydrogens (primary N) is 1. The Morgan fingerprint density at radius 2 is 1.76 bits per heavy atom. The predicted molar refractivity (Wildman–Crippen MR) is 81.0 cm³/mol. The van der Waals surface area contributed by atoms with Crippen LogP contribution in [0.3, 0.4) is 0 Å². The third kappa shape index (κ3) is 4.20. The van der Waals surface area contributed by atoms with E-state index in [1.165, 1.54) is 12.1 Å². The van der Waals surface area contributed by atoms with Crippen LogP contribution in [0.15, 0.2) is 48.5 Å².